The second-order valence-corrected chi connectivity index (χ2v) is 5.80. The molecule has 0 amide bonds. The van der Waals surface area contributed by atoms with Crippen molar-refractivity contribution in [3.05, 3.63) is 59.7 Å². The Morgan fingerprint density at radius 3 is 2.78 bits per heavy atom. The summed E-state index contributed by atoms with van der Waals surface area (Å²) in [4.78, 5) is 8.73. The summed E-state index contributed by atoms with van der Waals surface area (Å²) in [6.07, 6.45) is 5.90. The van der Waals surface area contributed by atoms with Crippen molar-refractivity contribution in [2.75, 3.05) is 5.73 Å². The summed E-state index contributed by atoms with van der Waals surface area (Å²) in [6, 6.07) is 8.48. The molecular formula is C17H16FN5. The number of aromatic nitrogens is 4. The Kier molecular flexibility index (Phi) is 3.29. The van der Waals surface area contributed by atoms with Crippen LogP contribution in [0, 0.1) is 5.82 Å². The molecule has 2 aromatic heterocycles. The van der Waals surface area contributed by atoms with Crippen LogP contribution in [0.1, 0.15) is 29.9 Å². The minimum atomic E-state index is -0.237. The molecule has 6 heteroatoms. The molecule has 0 spiro atoms. The van der Waals surface area contributed by atoms with Crippen molar-refractivity contribution < 1.29 is 4.39 Å². The number of hydrogen-bond acceptors (Lipinski definition) is 4. The lowest BCUT2D eigenvalue weighted by Crippen LogP contribution is -2.04. The SMILES string of the molecule is Nc1nc(-c2ccn(Cc3ccccc3F)n2)ncc1C1CC1. The van der Waals surface area contributed by atoms with Crippen LogP contribution in [0.3, 0.4) is 0 Å². The van der Waals surface area contributed by atoms with Crippen molar-refractivity contribution in [2.24, 2.45) is 0 Å². The van der Waals surface area contributed by atoms with E-state index in [0.717, 1.165) is 18.4 Å². The number of nitrogens with two attached hydrogens (primary N) is 1. The zero-order chi connectivity index (χ0) is 15.8. The first-order valence-electron chi connectivity index (χ1n) is 7.60. The predicted octanol–water partition coefficient (Wildman–Crippen LogP) is 2.99. The molecule has 1 aliphatic rings. The summed E-state index contributed by atoms with van der Waals surface area (Å²) in [7, 11) is 0. The van der Waals surface area contributed by atoms with Crippen molar-refractivity contribution in [1.29, 1.82) is 0 Å². The molecule has 0 bridgehead atoms. The Morgan fingerprint density at radius 2 is 2.04 bits per heavy atom. The molecule has 4 rings (SSSR count). The third-order valence-corrected chi connectivity index (χ3v) is 4.03. The quantitative estimate of drug-likeness (QED) is 0.804. The van der Waals surface area contributed by atoms with Gasteiger partial charge in [0, 0.05) is 23.5 Å². The third-order valence-electron chi connectivity index (χ3n) is 4.03. The average Bonchev–Trinajstić information content (AvgIpc) is 3.28. The molecule has 3 aromatic rings. The van der Waals surface area contributed by atoms with Crippen molar-refractivity contribution in [2.45, 2.75) is 25.3 Å². The van der Waals surface area contributed by atoms with Crippen LogP contribution >= 0.6 is 0 Å². The molecule has 0 saturated heterocycles. The lowest BCUT2D eigenvalue weighted by atomic mass is 10.2. The maximum Gasteiger partial charge on any atom is 0.182 e. The molecule has 2 N–H and O–H groups in total. The van der Waals surface area contributed by atoms with E-state index in [1.807, 2.05) is 12.1 Å². The number of rotatable bonds is 4. The minimum absolute atomic E-state index is 0.237. The highest BCUT2D eigenvalue weighted by Crippen LogP contribution is 2.42. The van der Waals surface area contributed by atoms with Gasteiger partial charge in [-0.2, -0.15) is 5.10 Å². The van der Waals surface area contributed by atoms with Gasteiger partial charge in [-0.25, -0.2) is 14.4 Å². The molecule has 1 fully saturated rings. The molecule has 23 heavy (non-hydrogen) atoms. The van der Waals surface area contributed by atoms with Gasteiger partial charge >= 0.3 is 0 Å². The standard InChI is InChI=1S/C17H16FN5/c18-14-4-2-1-3-12(14)10-23-8-7-15(22-23)17-20-9-13(11-5-6-11)16(19)21-17/h1-4,7-9,11H,5-6,10H2,(H2,19,20,21). The maximum absolute atomic E-state index is 13.7. The maximum atomic E-state index is 13.7. The van der Waals surface area contributed by atoms with E-state index in [9.17, 15) is 4.39 Å². The molecule has 1 saturated carbocycles. The van der Waals surface area contributed by atoms with E-state index in [2.05, 4.69) is 15.1 Å². The monoisotopic (exact) mass is 309 g/mol. The van der Waals surface area contributed by atoms with Crippen molar-refractivity contribution in [1.82, 2.24) is 19.7 Å². The minimum Gasteiger partial charge on any atom is -0.383 e. The molecule has 0 radical (unpaired) electrons. The van der Waals surface area contributed by atoms with Crippen LogP contribution < -0.4 is 5.73 Å². The third kappa shape index (κ3) is 2.79. The molecule has 0 atom stereocenters. The van der Waals surface area contributed by atoms with E-state index < -0.39 is 0 Å². The van der Waals surface area contributed by atoms with E-state index in [4.69, 9.17) is 5.73 Å². The van der Waals surface area contributed by atoms with Crippen LogP contribution in [-0.4, -0.2) is 19.7 Å². The second kappa shape index (κ2) is 5.46. The number of hydrogen-bond donors (Lipinski definition) is 1. The largest absolute Gasteiger partial charge is 0.383 e. The van der Waals surface area contributed by atoms with Gasteiger partial charge in [0.15, 0.2) is 5.82 Å². The Hall–Kier alpha value is -2.76. The molecule has 1 aromatic carbocycles. The van der Waals surface area contributed by atoms with Gasteiger partial charge in [0.2, 0.25) is 0 Å². The smallest absolute Gasteiger partial charge is 0.182 e. The van der Waals surface area contributed by atoms with Crippen LogP contribution in [0.2, 0.25) is 0 Å². The van der Waals surface area contributed by atoms with Crippen LogP contribution in [0.25, 0.3) is 11.5 Å². The van der Waals surface area contributed by atoms with Crippen LogP contribution in [0.4, 0.5) is 10.2 Å². The zero-order valence-electron chi connectivity index (χ0n) is 12.5. The van der Waals surface area contributed by atoms with E-state index in [-0.39, 0.29) is 5.82 Å². The molecule has 116 valence electrons. The molecule has 2 heterocycles. The van der Waals surface area contributed by atoms with Crippen molar-refractivity contribution in [3.8, 4) is 11.5 Å². The van der Waals surface area contributed by atoms with Crippen molar-refractivity contribution >= 4 is 5.82 Å². The fourth-order valence-electron chi connectivity index (χ4n) is 2.61. The summed E-state index contributed by atoms with van der Waals surface area (Å²) in [6.45, 7) is 0.363. The van der Waals surface area contributed by atoms with Gasteiger partial charge < -0.3 is 5.73 Å². The Bertz CT molecular complexity index is 854. The highest BCUT2D eigenvalue weighted by Gasteiger charge is 2.27. The Morgan fingerprint density at radius 1 is 1.22 bits per heavy atom. The lowest BCUT2D eigenvalue weighted by Gasteiger charge is -2.04. The fraction of sp³-hybridized carbons (Fsp3) is 0.235. The van der Waals surface area contributed by atoms with Crippen molar-refractivity contribution in [3.63, 3.8) is 0 Å². The molecular weight excluding hydrogens is 293 g/mol. The summed E-state index contributed by atoms with van der Waals surface area (Å²) in [5.41, 5.74) is 8.27. The Balaban J connectivity index is 1.58. The summed E-state index contributed by atoms with van der Waals surface area (Å²) in [5, 5.41) is 4.42. The Labute approximate surface area is 133 Å². The summed E-state index contributed by atoms with van der Waals surface area (Å²) in [5.74, 6) is 1.31. The normalized spacial score (nSPS) is 14.1. The van der Waals surface area contributed by atoms with Gasteiger partial charge in [-0.3, -0.25) is 4.68 Å². The average molecular weight is 309 g/mol. The zero-order valence-corrected chi connectivity index (χ0v) is 12.5. The summed E-state index contributed by atoms with van der Waals surface area (Å²) >= 11 is 0. The van der Waals surface area contributed by atoms with E-state index in [0.29, 0.717) is 35.4 Å². The second-order valence-electron chi connectivity index (χ2n) is 5.80. The lowest BCUT2D eigenvalue weighted by molar-refractivity contribution is 0.585. The first kappa shape index (κ1) is 13.9. The number of anilines is 1. The van der Waals surface area contributed by atoms with E-state index in [1.54, 1.807) is 29.2 Å². The number of nitrogens with zero attached hydrogens (tertiary/aromatic N) is 4. The van der Waals surface area contributed by atoms with E-state index in [1.165, 1.54) is 6.07 Å². The van der Waals surface area contributed by atoms with Gasteiger partial charge in [0.05, 0.1) is 6.54 Å². The highest BCUT2D eigenvalue weighted by atomic mass is 19.1. The van der Waals surface area contributed by atoms with Gasteiger partial charge in [0.1, 0.15) is 17.3 Å². The van der Waals surface area contributed by atoms with Gasteiger partial charge in [-0.1, -0.05) is 18.2 Å². The van der Waals surface area contributed by atoms with Crippen LogP contribution in [0.15, 0.2) is 42.7 Å². The first-order valence-corrected chi connectivity index (χ1v) is 7.60. The predicted molar refractivity (Wildman–Crippen MR) is 85.1 cm³/mol. The summed E-state index contributed by atoms with van der Waals surface area (Å²) < 4.78 is 15.4. The first-order chi connectivity index (χ1) is 11.2. The number of benzene rings is 1. The molecule has 1 aliphatic carbocycles. The molecule has 5 nitrogen and oxygen atoms in total. The van der Waals surface area contributed by atoms with Gasteiger partial charge in [-0.15, -0.1) is 0 Å². The number of nitrogen functional groups attached to an aromatic ring is 1. The van der Waals surface area contributed by atoms with E-state index >= 15 is 0 Å². The highest BCUT2D eigenvalue weighted by molar-refractivity contribution is 5.53. The van der Waals surface area contributed by atoms with Crippen LogP contribution in [-0.2, 0) is 6.54 Å². The fourth-order valence-corrected chi connectivity index (χ4v) is 2.61. The topological polar surface area (TPSA) is 69.6 Å². The number of halogens is 1. The molecule has 0 aliphatic heterocycles. The van der Waals surface area contributed by atoms with Gasteiger partial charge in [-0.05, 0) is 30.9 Å². The van der Waals surface area contributed by atoms with Crippen LogP contribution in [0.5, 0.6) is 0 Å². The molecule has 0 unspecified atom stereocenters. The van der Waals surface area contributed by atoms with Gasteiger partial charge in [0.25, 0.3) is 0 Å².